The third kappa shape index (κ3) is 2.80. The van der Waals surface area contributed by atoms with Crippen LogP contribution < -0.4 is 11.1 Å². The lowest BCUT2D eigenvalue weighted by Crippen LogP contribution is -2.22. The summed E-state index contributed by atoms with van der Waals surface area (Å²) in [6.45, 7) is 4.14. The number of thiazole rings is 2. The van der Waals surface area contributed by atoms with Crippen LogP contribution in [-0.2, 0) is 6.54 Å². The predicted molar refractivity (Wildman–Crippen MR) is 69.3 cm³/mol. The molecule has 2 aromatic rings. The number of anilines is 1. The first-order valence-corrected chi connectivity index (χ1v) is 6.68. The van der Waals surface area contributed by atoms with Crippen LogP contribution in [-0.4, -0.2) is 15.9 Å². The molecular weight excluding hydrogens is 256 g/mol. The zero-order chi connectivity index (χ0) is 12.4. The van der Waals surface area contributed by atoms with E-state index in [-0.39, 0.29) is 5.91 Å². The molecule has 2 rings (SSSR count). The quantitative estimate of drug-likeness (QED) is 0.888. The Balaban J connectivity index is 2.00. The Morgan fingerprint density at radius 2 is 2.24 bits per heavy atom. The number of nitrogens with two attached hydrogens (primary N) is 1. The number of hydrogen-bond acceptors (Lipinski definition) is 6. The highest BCUT2D eigenvalue weighted by molar-refractivity contribution is 7.17. The second-order valence-electron chi connectivity index (χ2n) is 3.53. The molecule has 5 nitrogen and oxygen atoms in total. The summed E-state index contributed by atoms with van der Waals surface area (Å²) < 4.78 is 0. The molecule has 2 heterocycles. The molecule has 0 saturated heterocycles. The molecule has 90 valence electrons. The maximum Gasteiger partial charge on any atom is 0.263 e. The SMILES string of the molecule is Cc1csc(CNC(=O)c2sc(N)nc2C)n1. The molecule has 0 radical (unpaired) electrons. The second-order valence-corrected chi connectivity index (χ2v) is 5.51. The van der Waals surface area contributed by atoms with Gasteiger partial charge in [-0.2, -0.15) is 0 Å². The molecule has 0 aliphatic rings. The first kappa shape index (κ1) is 12.0. The molecule has 0 aromatic carbocycles. The summed E-state index contributed by atoms with van der Waals surface area (Å²) in [6.07, 6.45) is 0. The number of aromatic nitrogens is 2. The zero-order valence-corrected chi connectivity index (χ0v) is 11.1. The lowest BCUT2D eigenvalue weighted by molar-refractivity contribution is 0.0954. The lowest BCUT2D eigenvalue weighted by atomic mass is 10.4. The first-order chi connectivity index (χ1) is 8.06. The van der Waals surface area contributed by atoms with Gasteiger partial charge in [-0.1, -0.05) is 11.3 Å². The van der Waals surface area contributed by atoms with Gasteiger partial charge in [0, 0.05) is 11.1 Å². The van der Waals surface area contributed by atoms with E-state index in [1.165, 1.54) is 22.7 Å². The first-order valence-electron chi connectivity index (χ1n) is 4.98. The Bertz CT molecular complexity index is 546. The van der Waals surface area contributed by atoms with E-state index in [1.807, 2.05) is 12.3 Å². The van der Waals surface area contributed by atoms with E-state index in [9.17, 15) is 4.79 Å². The van der Waals surface area contributed by atoms with Crippen LogP contribution in [0.25, 0.3) is 0 Å². The summed E-state index contributed by atoms with van der Waals surface area (Å²) >= 11 is 2.73. The Hall–Kier alpha value is -1.47. The molecule has 7 heteroatoms. The van der Waals surface area contributed by atoms with Gasteiger partial charge in [0.2, 0.25) is 0 Å². The van der Waals surface area contributed by atoms with Crippen molar-refractivity contribution in [1.29, 1.82) is 0 Å². The summed E-state index contributed by atoms with van der Waals surface area (Å²) in [4.78, 5) is 20.7. The maximum atomic E-state index is 11.8. The molecule has 0 aliphatic carbocycles. The van der Waals surface area contributed by atoms with E-state index in [0.717, 1.165) is 10.7 Å². The molecule has 1 amide bonds. The van der Waals surface area contributed by atoms with Crippen molar-refractivity contribution in [2.24, 2.45) is 0 Å². The summed E-state index contributed by atoms with van der Waals surface area (Å²) in [6, 6.07) is 0. The number of hydrogen-bond donors (Lipinski definition) is 2. The average Bonchev–Trinajstić information content (AvgIpc) is 2.81. The number of carbonyl (C=O) groups is 1. The van der Waals surface area contributed by atoms with Crippen molar-refractivity contribution >= 4 is 33.7 Å². The average molecular weight is 268 g/mol. The number of nitrogens with zero attached hydrogens (tertiary/aromatic N) is 2. The van der Waals surface area contributed by atoms with Crippen LogP contribution in [0.1, 0.15) is 26.1 Å². The lowest BCUT2D eigenvalue weighted by Gasteiger charge is -2.00. The fourth-order valence-electron chi connectivity index (χ4n) is 1.35. The van der Waals surface area contributed by atoms with Gasteiger partial charge < -0.3 is 11.1 Å². The van der Waals surface area contributed by atoms with Crippen LogP contribution in [0.2, 0.25) is 0 Å². The molecule has 0 saturated carbocycles. The molecule has 2 aromatic heterocycles. The minimum atomic E-state index is -0.149. The number of nitrogen functional groups attached to an aromatic ring is 1. The van der Waals surface area contributed by atoms with Crippen LogP contribution in [0.4, 0.5) is 5.13 Å². The summed E-state index contributed by atoms with van der Waals surface area (Å²) in [5.41, 5.74) is 7.18. The van der Waals surface area contributed by atoms with Gasteiger partial charge >= 0.3 is 0 Å². The van der Waals surface area contributed by atoms with Crippen molar-refractivity contribution in [3.8, 4) is 0 Å². The monoisotopic (exact) mass is 268 g/mol. The van der Waals surface area contributed by atoms with Gasteiger partial charge in [0.15, 0.2) is 5.13 Å². The summed E-state index contributed by atoms with van der Waals surface area (Å²) in [5, 5.41) is 6.07. The van der Waals surface area contributed by atoms with Gasteiger partial charge in [-0.15, -0.1) is 11.3 Å². The molecular formula is C10H12N4OS2. The van der Waals surface area contributed by atoms with Crippen LogP contribution >= 0.6 is 22.7 Å². The molecule has 0 fully saturated rings. The topological polar surface area (TPSA) is 80.9 Å². The van der Waals surface area contributed by atoms with E-state index in [2.05, 4.69) is 15.3 Å². The van der Waals surface area contributed by atoms with Crippen LogP contribution in [0, 0.1) is 13.8 Å². The van der Waals surface area contributed by atoms with Gasteiger partial charge in [-0.05, 0) is 13.8 Å². The van der Waals surface area contributed by atoms with Crippen molar-refractivity contribution in [1.82, 2.24) is 15.3 Å². The Labute approximate surface area is 107 Å². The van der Waals surface area contributed by atoms with Crippen molar-refractivity contribution in [2.45, 2.75) is 20.4 Å². The highest BCUT2D eigenvalue weighted by Gasteiger charge is 2.14. The predicted octanol–water partition coefficient (Wildman–Crippen LogP) is 1.73. The molecule has 0 spiro atoms. The van der Waals surface area contributed by atoms with E-state index in [0.29, 0.717) is 22.2 Å². The van der Waals surface area contributed by atoms with Gasteiger partial charge in [-0.3, -0.25) is 4.79 Å². The van der Waals surface area contributed by atoms with E-state index in [1.54, 1.807) is 6.92 Å². The third-order valence-electron chi connectivity index (χ3n) is 2.09. The third-order valence-corrected chi connectivity index (χ3v) is 4.04. The molecule has 0 aliphatic heterocycles. The highest BCUT2D eigenvalue weighted by Crippen LogP contribution is 2.19. The van der Waals surface area contributed by atoms with Crippen molar-refractivity contribution in [2.75, 3.05) is 5.73 Å². The van der Waals surface area contributed by atoms with E-state index >= 15 is 0 Å². The van der Waals surface area contributed by atoms with Gasteiger partial charge in [0.1, 0.15) is 9.88 Å². The zero-order valence-electron chi connectivity index (χ0n) is 9.48. The van der Waals surface area contributed by atoms with Gasteiger partial charge in [0.05, 0.1) is 12.2 Å². The minimum Gasteiger partial charge on any atom is -0.375 e. The number of aryl methyl sites for hydroxylation is 2. The standard InChI is InChI=1S/C10H12N4OS2/c1-5-4-16-7(13-5)3-12-9(15)8-6(2)14-10(11)17-8/h4H,3H2,1-2H3,(H2,11,14)(H,12,15). The molecule has 0 atom stereocenters. The number of rotatable bonds is 3. The largest absolute Gasteiger partial charge is 0.375 e. The molecule has 3 N–H and O–H groups in total. The smallest absolute Gasteiger partial charge is 0.263 e. The molecule has 17 heavy (non-hydrogen) atoms. The fraction of sp³-hybridized carbons (Fsp3) is 0.300. The normalized spacial score (nSPS) is 10.5. The van der Waals surface area contributed by atoms with Crippen molar-refractivity contribution in [3.63, 3.8) is 0 Å². The van der Waals surface area contributed by atoms with Crippen molar-refractivity contribution < 1.29 is 4.79 Å². The Morgan fingerprint density at radius 1 is 1.47 bits per heavy atom. The van der Waals surface area contributed by atoms with Crippen molar-refractivity contribution in [3.05, 3.63) is 26.7 Å². The van der Waals surface area contributed by atoms with E-state index < -0.39 is 0 Å². The van der Waals surface area contributed by atoms with Crippen LogP contribution in [0.5, 0.6) is 0 Å². The molecule has 0 unspecified atom stereocenters. The summed E-state index contributed by atoms with van der Waals surface area (Å²) in [5.74, 6) is -0.149. The number of carbonyl (C=O) groups excluding carboxylic acids is 1. The fourth-order valence-corrected chi connectivity index (χ4v) is 2.81. The van der Waals surface area contributed by atoms with E-state index in [4.69, 9.17) is 5.73 Å². The number of nitrogens with one attached hydrogen (secondary N) is 1. The Morgan fingerprint density at radius 3 is 2.76 bits per heavy atom. The summed E-state index contributed by atoms with van der Waals surface area (Å²) in [7, 11) is 0. The highest BCUT2D eigenvalue weighted by atomic mass is 32.1. The minimum absolute atomic E-state index is 0.149. The van der Waals surface area contributed by atoms with Crippen LogP contribution in [0.3, 0.4) is 0 Å². The van der Waals surface area contributed by atoms with Gasteiger partial charge in [-0.25, -0.2) is 9.97 Å². The molecule has 0 bridgehead atoms. The second kappa shape index (κ2) is 4.80. The number of amides is 1. The van der Waals surface area contributed by atoms with Crippen LogP contribution in [0.15, 0.2) is 5.38 Å². The maximum absolute atomic E-state index is 11.8. The Kier molecular flexibility index (Phi) is 3.39. The van der Waals surface area contributed by atoms with Gasteiger partial charge in [0.25, 0.3) is 5.91 Å².